The van der Waals surface area contributed by atoms with Gasteiger partial charge >= 0.3 is 0 Å². The van der Waals surface area contributed by atoms with E-state index in [1.807, 2.05) is 11.0 Å². The highest BCUT2D eigenvalue weighted by atomic mass is 32.2. The SMILES string of the molecule is Cc1ccccc1CN(CC(=O)N1CCS[C@H]1c1ccc(F)cc1)CC(C)C. The molecule has 28 heavy (non-hydrogen) atoms. The fraction of sp³-hybridized carbons (Fsp3) is 0.435. The molecule has 3 nitrogen and oxygen atoms in total. The highest BCUT2D eigenvalue weighted by Gasteiger charge is 2.31. The summed E-state index contributed by atoms with van der Waals surface area (Å²) in [7, 11) is 0. The van der Waals surface area contributed by atoms with E-state index in [1.54, 1.807) is 23.9 Å². The van der Waals surface area contributed by atoms with E-state index in [1.165, 1.54) is 23.3 Å². The summed E-state index contributed by atoms with van der Waals surface area (Å²) in [5, 5.41) is -0.0209. The van der Waals surface area contributed by atoms with E-state index in [0.29, 0.717) is 12.5 Å². The summed E-state index contributed by atoms with van der Waals surface area (Å²) in [5.41, 5.74) is 3.51. The molecule has 3 rings (SSSR count). The normalized spacial score (nSPS) is 16.9. The van der Waals surface area contributed by atoms with Crippen LogP contribution in [0.15, 0.2) is 48.5 Å². The van der Waals surface area contributed by atoms with Crippen molar-refractivity contribution in [1.82, 2.24) is 9.80 Å². The number of rotatable bonds is 7. The summed E-state index contributed by atoms with van der Waals surface area (Å²) in [4.78, 5) is 17.4. The minimum atomic E-state index is -0.244. The zero-order chi connectivity index (χ0) is 20.1. The highest BCUT2D eigenvalue weighted by molar-refractivity contribution is 7.99. The van der Waals surface area contributed by atoms with Crippen molar-refractivity contribution in [3.8, 4) is 0 Å². The Kier molecular flexibility index (Phi) is 7.13. The van der Waals surface area contributed by atoms with E-state index in [9.17, 15) is 9.18 Å². The number of benzene rings is 2. The second-order valence-corrected chi connectivity index (χ2v) is 9.04. The third kappa shape index (κ3) is 5.36. The number of amides is 1. The topological polar surface area (TPSA) is 23.6 Å². The number of halogens is 1. The van der Waals surface area contributed by atoms with E-state index in [-0.39, 0.29) is 17.1 Å². The van der Waals surface area contributed by atoms with E-state index in [2.05, 4.69) is 43.9 Å². The fourth-order valence-electron chi connectivity index (χ4n) is 3.64. The summed E-state index contributed by atoms with van der Waals surface area (Å²) in [6.07, 6.45) is 0. The van der Waals surface area contributed by atoms with Crippen LogP contribution in [0.3, 0.4) is 0 Å². The standard InChI is InChI=1S/C23H29FN2OS/c1-17(2)14-25(15-20-7-5-4-6-18(20)3)16-22(27)26-12-13-28-23(26)19-8-10-21(24)11-9-19/h4-11,17,23H,12-16H2,1-3H3/t23-/m0/s1. The Morgan fingerprint density at radius 2 is 1.93 bits per heavy atom. The molecule has 1 saturated heterocycles. The smallest absolute Gasteiger partial charge is 0.237 e. The van der Waals surface area contributed by atoms with Crippen molar-refractivity contribution in [2.24, 2.45) is 5.92 Å². The molecular formula is C23H29FN2OS. The van der Waals surface area contributed by atoms with Gasteiger partial charge in [-0.05, 0) is 41.7 Å². The molecule has 1 aliphatic heterocycles. The van der Waals surface area contributed by atoms with Gasteiger partial charge in [0.15, 0.2) is 0 Å². The Labute approximate surface area is 171 Å². The molecule has 1 heterocycles. The van der Waals surface area contributed by atoms with Gasteiger partial charge in [0.2, 0.25) is 5.91 Å². The second-order valence-electron chi connectivity index (χ2n) is 7.85. The summed E-state index contributed by atoms with van der Waals surface area (Å²) >= 11 is 1.75. The Hall–Kier alpha value is -1.85. The van der Waals surface area contributed by atoms with Gasteiger partial charge in [-0.3, -0.25) is 9.69 Å². The van der Waals surface area contributed by atoms with Crippen LogP contribution in [0.2, 0.25) is 0 Å². The van der Waals surface area contributed by atoms with Gasteiger partial charge in [0, 0.05) is 25.4 Å². The van der Waals surface area contributed by atoms with Gasteiger partial charge in [0.25, 0.3) is 0 Å². The van der Waals surface area contributed by atoms with Crippen molar-refractivity contribution >= 4 is 17.7 Å². The first kappa shape index (κ1) is 20.9. The third-order valence-electron chi connectivity index (χ3n) is 5.00. The molecule has 0 aromatic heterocycles. The Bertz CT molecular complexity index is 793. The molecular weight excluding hydrogens is 371 g/mol. The Morgan fingerprint density at radius 3 is 2.61 bits per heavy atom. The molecule has 5 heteroatoms. The first-order valence-corrected chi connectivity index (χ1v) is 10.9. The molecule has 0 aliphatic carbocycles. The molecule has 0 radical (unpaired) electrons. The van der Waals surface area contributed by atoms with Crippen LogP contribution in [-0.4, -0.2) is 41.1 Å². The average Bonchev–Trinajstić information content (AvgIpc) is 3.13. The first-order valence-electron chi connectivity index (χ1n) is 9.87. The minimum Gasteiger partial charge on any atom is -0.325 e. The van der Waals surface area contributed by atoms with Gasteiger partial charge in [0.05, 0.1) is 6.54 Å². The van der Waals surface area contributed by atoms with Gasteiger partial charge < -0.3 is 4.90 Å². The van der Waals surface area contributed by atoms with Crippen LogP contribution in [0, 0.1) is 18.7 Å². The summed E-state index contributed by atoms with van der Waals surface area (Å²) in [6.45, 7) is 9.29. The molecule has 0 saturated carbocycles. The molecule has 1 amide bonds. The fourth-order valence-corrected chi connectivity index (χ4v) is 4.92. The Morgan fingerprint density at radius 1 is 1.21 bits per heavy atom. The summed E-state index contributed by atoms with van der Waals surface area (Å²) in [6, 6.07) is 14.9. The van der Waals surface area contributed by atoms with Crippen molar-refractivity contribution in [3.05, 3.63) is 71.0 Å². The van der Waals surface area contributed by atoms with Gasteiger partial charge in [-0.25, -0.2) is 4.39 Å². The first-order chi connectivity index (χ1) is 13.4. The number of hydrogen-bond acceptors (Lipinski definition) is 3. The van der Waals surface area contributed by atoms with E-state index >= 15 is 0 Å². The van der Waals surface area contributed by atoms with Gasteiger partial charge in [-0.2, -0.15) is 0 Å². The third-order valence-corrected chi connectivity index (χ3v) is 6.26. The van der Waals surface area contributed by atoms with Crippen molar-refractivity contribution in [1.29, 1.82) is 0 Å². The molecule has 0 N–H and O–H groups in total. The monoisotopic (exact) mass is 400 g/mol. The maximum atomic E-state index is 13.3. The number of carbonyl (C=O) groups excluding carboxylic acids is 1. The van der Waals surface area contributed by atoms with Gasteiger partial charge in [-0.15, -0.1) is 11.8 Å². The molecule has 150 valence electrons. The largest absolute Gasteiger partial charge is 0.325 e. The molecule has 0 bridgehead atoms. The van der Waals surface area contributed by atoms with Crippen LogP contribution in [-0.2, 0) is 11.3 Å². The second kappa shape index (κ2) is 9.57. The maximum absolute atomic E-state index is 13.3. The van der Waals surface area contributed by atoms with Crippen LogP contribution >= 0.6 is 11.8 Å². The lowest BCUT2D eigenvalue weighted by Gasteiger charge is -2.29. The maximum Gasteiger partial charge on any atom is 0.237 e. The summed E-state index contributed by atoms with van der Waals surface area (Å²) < 4.78 is 13.3. The lowest BCUT2D eigenvalue weighted by molar-refractivity contribution is -0.132. The van der Waals surface area contributed by atoms with Crippen molar-refractivity contribution in [2.75, 3.05) is 25.4 Å². The molecule has 1 fully saturated rings. The van der Waals surface area contributed by atoms with E-state index in [0.717, 1.165) is 31.0 Å². The summed E-state index contributed by atoms with van der Waals surface area (Å²) in [5.74, 6) is 1.30. The molecule has 0 spiro atoms. The Balaban J connectivity index is 1.71. The number of carbonyl (C=O) groups is 1. The average molecular weight is 401 g/mol. The number of hydrogen-bond donors (Lipinski definition) is 0. The number of nitrogens with zero attached hydrogens (tertiary/aromatic N) is 2. The molecule has 2 aromatic rings. The van der Waals surface area contributed by atoms with Crippen molar-refractivity contribution in [2.45, 2.75) is 32.7 Å². The highest BCUT2D eigenvalue weighted by Crippen LogP contribution is 2.38. The van der Waals surface area contributed by atoms with Crippen molar-refractivity contribution < 1.29 is 9.18 Å². The number of thioether (sulfide) groups is 1. The lowest BCUT2D eigenvalue weighted by Crippen LogP contribution is -2.41. The number of aryl methyl sites for hydroxylation is 1. The van der Waals surface area contributed by atoms with Crippen LogP contribution < -0.4 is 0 Å². The zero-order valence-electron chi connectivity index (χ0n) is 16.9. The predicted octanol–water partition coefficient (Wildman–Crippen LogP) is 4.87. The van der Waals surface area contributed by atoms with Crippen molar-refractivity contribution in [3.63, 3.8) is 0 Å². The van der Waals surface area contributed by atoms with Crippen LogP contribution in [0.4, 0.5) is 4.39 Å². The van der Waals surface area contributed by atoms with Crippen LogP contribution in [0.25, 0.3) is 0 Å². The van der Waals surface area contributed by atoms with E-state index < -0.39 is 0 Å². The van der Waals surface area contributed by atoms with E-state index in [4.69, 9.17) is 0 Å². The zero-order valence-corrected chi connectivity index (χ0v) is 17.7. The lowest BCUT2D eigenvalue weighted by atomic mass is 10.1. The van der Waals surface area contributed by atoms with Gasteiger partial charge in [0.1, 0.15) is 11.2 Å². The van der Waals surface area contributed by atoms with Crippen LogP contribution in [0.1, 0.15) is 35.9 Å². The molecule has 0 unspecified atom stereocenters. The minimum absolute atomic E-state index is 0.0209. The predicted molar refractivity (Wildman–Crippen MR) is 115 cm³/mol. The quantitative estimate of drug-likeness (QED) is 0.663. The van der Waals surface area contributed by atoms with Gasteiger partial charge in [-0.1, -0.05) is 50.2 Å². The molecule has 1 aliphatic rings. The molecule has 2 aromatic carbocycles. The van der Waals surface area contributed by atoms with Crippen LogP contribution in [0.5, 0.6) is 0 Å². The molecule has 1 atom stereocenters.